The molecule has 3 heterocycles. The van der Waals surface area contributed by atoms with Crippen LogP contribution in [0.15, 0.2) is 48.5 Å². The fourth-order valence-corrected chi connectivity index (χ4v) is 4.04. The molecule has 2 aromatic carbocycles. The molecule has 1 aliphatic heterocycles. The van der Waals surface area contributed by atoms with Crippen molar-refractivity contribution in [3.05, 3.63) is 54.4 Å². The van der Waals surface area contributed by atoms with Gasteiger partial charge in [0.25, 0.3) is 0 Å². The molecule has 26 heavy (non-hydrogen) atoms. The van der Waals surface area contributed by atoms with Crippen molar-refractivity contribution in [2.24, 2.45) is 0 Å². The number of likely N-dealkylation sites (N-methyl/N-ethyl adjacent to an activating group) is 1. The second-order valence-corrected chi connectivity index (χ2v) is 7.14. The minimum absolute atomic E-state index is 0.568. The van der Waals surface area contributed by atoms with Gasteiger partial charge in [-0.1, -0.05) is 29.5 Å². The zero-order chi connectivity index (χ0) is 17.5. The SMILES string of the molecule is CN1CCC[C@H]1Cn1c(Cn2nnc3ccccc32)nc2ccccc21. The highest BCUT2D eigenvalue weighted by molar-refractivity contribution is 5.76. The fraction of sp³-hybridized carbons (Fsp3) is 0.350. The van der Waals surface area contributed by atoms with E-state index in [2.05, 4.69) is 57.2 Å². The first-order valence-corrected chi connectivity index (χ1v) is 9.22. The van der Waals surface area contributed by atoms with Crippen LogP contribution >= 0.6 is 0 Å². The molecule has 6 heteroatoms. The van der Waals surface area contributed by atoms with E-state index < -0.39 is 0 Å². The lowest BCUT2D eigenvalue weighted by Gasteiger charge is -2.21. The van der Waals surface area contributed by atoms with Crippen molar-refractivity contribution < 1.29 is 0 Å². The van der Waals surface area contributed by atoms with Crippen molar-refractivity contribution in [3.8, 4) is 0 Å². The molecular formula is C20H22N6. The van der Waals surface area contributed by atoms with Crippen LogP contribution in [-0.2, 0) is 13.1 Å². The lowest BCUT2D eigenvalue weighted by atomic mass is 10.2. The molecule has 6 nitrogen and oxygen atoms in total. The normalized spacial score (nSPS) is 18.3. The number of nitrogens with zero attached hydrogens (tertiary/aromatic N) is 6. The van der Waals surface area contributed by atoms with E-state index >= 15 is 0 Å². The fourth-order valence-electron chi connectivity index (χ4n) is 4.04. The Morgan fingerprint density at radius 3 is 2.58 bits per heavy atom. The number of fused-ring (bicyclic) bond motifs is 2. The second-order valence-electron chi connectivity index (χ2n) is 7.14. The van der Waals surface area contributed by atoms with Gasteiger partial charge in [-0.05, 0) is 50.7 Å². The molecule has 5 rings (SSSR count). The number of imidazole rings is 1. The van der Waals surface area contributed by atoms with E-state index in [4.69, 9.17) is 4.98 Å². The predicted octanol–water partition coefficient (Wildman–Crippen LogP) is 2.92. The maximum Gasteiger partial charge on any atom is 0.131 e. The Kier molecular flexibility index (Phi) is 3.71. The number of benzene rings is 2. The van der Waals surface area contributed by atoms with E-state index in [1.165, 1.54) is 24.9 Å². The van der Waals surface area contributed by atoms with E-state index in [0.29, 0.717) is 12.6 Å². The Bertz CT molecular complexity index is 1060. The van der Waals surface area contributed by atoms with Gasteiger partial charge in [0.1, 0.15) is 17.9 Å². The quantitative estimate of drug-likeness (QED) is 0.570. The standard InChI is InChI=1S/C20H22N6/c1-24-12-6-7-15(24)13-25-18-10-4-2-8-16(18)21-20(25)14-26-19-11-5-3-9-17(19)22-23-26/h2-5,8-11,15H,6-7,12-14H2,1H3/t15-/m0/s1. The highest BCUT2D eigenvalue weighted by Gasteiger charge is 2.23. The lowest BCUT2D eigenvalue weighted by Crippen LogP contribution is -2.30. The van der Waals surface area contributed by atoms with Crippen LogP contribution in [0.4, 0.5) is 0 Å². The summed E-state index contributed by atoms with van der Waals surface area (Å²) in [4.78, 5) is 7.38. The van der Waals surface area contributed by atoms with Gasteiger partial charge >= 0.3 is 0 Å². The minimum atomic E-state index is 0.568. The Labute approximate surface area is 152 Å². The summed E-state index contributed by atoms with van der Waals surface area (Å²) in [6, 6.07) is 17.0. The third-order valence-corrected chi connectivity index (χ3v) is 5.51. The first-order chi connectivity index (χ1) is 12.8. The first kappa shape index (κ1) is 15.5. The zero-order valence-corrected chi connectivity index (χ0v) is 14.9. The monoisotopic (exact) mass is 346 g/mol. The van der Waals surface area contributed by atoms with Gasteiger partial charge in [-0.25, -0.2) is 9.67 Å². The molecule has 132 valence electrons. The number of hydrogen-bond acceptors (Lipinski definition) is 4. The number of para-hydroxylation sites is 3. The number of rotatable bonds is 4. The van der Waals surface area contributed by atoms with E-state index in [1.807, 2.05) is 22.9 Å². The summed E-state index contributed by atoms with van der Waals surface area (Å²) in [6.45, 7) is 2.78. The molecule has 1 fully saturated rings. The third-order valence-electron chi connectivity index (χ3n) is 5.51. The summed E-state index contributed by atoms with van der Waals surface area (Å²) in [5, 5.41) is 8.63. The van der Waals surface area contributed by atoms with Gasteiger partial charge in [0.05, 0.1) is 16.6 Å². The van der Waals surface area contributed by atoms with Gasteiger partial charge in [-0.3, -0.25) is 0 Å². The van der Waals surface area contributed by atoms with Gasteiger partial charge in [0.2, 0.25) is 0 Å². The molecule has 0 saturated carbocycles. The summed E-state index contributed by atoms with van der Waals surface area (Å²) >= 11 is 0. The molecule has 0 spiro atoms. The van der Waals surface area contributed by atoms with Crippen molar-refractivity contribution in [2.45, 2.75) is 32.0 Å². The summed E-state index contributed by atoms with van der Waals surface area (Å²) in [7, 11) is 2.22. The maximum atomic E-state index is 4.92. The Morgan fingerprint density at radius 1 is 1.00 bits per heavy atom. The second kappa shape index (κ2) is 6.21. The first-order valence-electron chi connectivity index (χ1n) is 9.22. The van der Waals surface area contributed by atoms with Crippen LogP contribution < -0.4 is 0 Å². The molecule has 0 radical (unpaired) electrons. The summed E-state index contributed by atoms with van der Waals surface area (Å²) in [5.74, 6) is 1.04. The number of hydrogen-bond donors (Lipinski definition) is 0. The van der Waals surface area contributed by atoms with Gasteiger partial charge in [-0.15, -0.1) is 5.10 Å². The van der Waals surface area contributed by atoms with Crippen LogP contribution in [-0.4, -0.2) is 49.1 Å². The molecule has 0 bridgehead atoms. The van der Waals surface area contributed by atoms with Crippen molar-refractivity contribution >= 4 is 22.1 Å². The van der Waals surface area contributed by atoms with Crippen molar-refractivity contribution in [2.75, 3.05) is 13.6 Å². The Hall–Kier alpha value is -2.73. The Morgan fingerprint density at radius 2 is 1.77 bits per heavy atom. The highest BCUT2D eigenvalue weighted by Crippen LogP contribution is 2.23. The van der Waals surface area contributed by atoms with E-state index in [1.54, 1.807) is 0 Å². The molecule has 0 unspecified atom stereocenters. The molecule has 2 aromatic heterocycles. The molecule has 1 atom stereocenters. The number of aromatic nitrogens is 5. The van der Waals surface area contributed by atoms with Crippen LogP contribution in [0.25, 0.3) is 22.1 Å². The molecule has 1 saturated heterocycles. The average Bonchev–Trinajstić information content (AvgIpc) is 3.35. The molecular weight excluding hydrogens is 324 g/mol. The molecule has 0 amide bonds. The molecule has 4 aromatic rings. The topological polar surface area (TPSA) is 51.8 Å². The van der Waals surface area contributed by atoms with Crippen LogP contribution in [0.2, 0.25) is 0 Å². The zero-order valence-electron chi connectivity index (χ0n) is 14.9. The number of likely N-dealkylation sites (tertiary alicyclic amines) is 1. The minimum Gasteiger partial charge on any atom is -0.325 e. The Balaban J connectivity index is 1.57. The summed E-state index contributed by atoms with van der Waals surface area (Å²) in [6.07, 6.45) is 2.52. The smallest absolute Gasteiger partial charge is 0.131 e. The molecule has 0 aliphatic carbocycles. The van der Waals surface area contributed by atoms with Gasteiger partial charge in [-0.2, -0.15) is 0 Å². The lowest BCUT2D eigenvalue weighted by molar-refractivity contribution is 0.281. The van der Waals surface area contributed by atoms with Crippen molar-refractivity contribution in [1.29, 1.82) is 0 Å². The van der Waals surface area contributed by atoms with E-state index in [-0.39, 0.29) is 0 Å². The van der Waals surface area contributed by atoms with Crippen LogP contribution in [0.1, 0.15) is 18.7 Å². The predicted molar refractivity (Wildman–Crippen MR) is 102 cm³/mol. The maximum absolute atomic E-state index is 4.92. The van der Waals surface area contributed by atoms with Gasteiger partial charge in [0, 0.05) is 12.6 Å². The van der Waals surface area contributed by atoms with E-state index in [9.17, 15) is 0 Å². The van der Waals surface area contributed by atoms with Crippen molar-refractivity contribution in [3.63, 3.8) is 0 Å². The van der Waals surface area contributed by atoms with Crippen LogP contribution in [0.3, 0.4) is 0 Å². The summed E-state index contributed by atoms with van der Waals surface area (Å²) < 4.78 is 4.32. The third kappa shape index (κ3) is 2.57. The van der Waals surface area contributed by atoms with Crippen molar-refractivity contribution in [1.82, 2.24) is 29.4 Å². The highest BCUT2D eigenvalue weighted by atomic mass is 15.4. The summed E-state index contributed by atoms with van der Waals surface area (Å²) in [5.41, 5.74) is 4.22. The van der Waals surface area contributed by atoms with Crippen LogP contribution in [0, 0.1) is 0 Å². The largest absolute Gasteiger partial charge is 0.325 e. The van der Waals surface area contributed by atoms with Gasteiger partial charge < -0.3 is 9.47 Å². The van der Waals surface area contributed by atoms with Gasteiger partial charge in [0.15, 0.2) is 0 Å². The average molecular weight is 346 g/mol. The van der Waals surface area contributed by atoms with E-state index in [0.717, 1.165) is 28.9 Å². The molecule has 1 aliphatic rings. The molecule has 0 N–H and O–H groups in total. The van der Waals surface area contributed by atoms with Crippen LogP contribution in [0.5, 0.6) is 0 Å².